The standard InChI is InChI=1S/C12H20N2O3/c1-17-9-5-11(10-15)13-6-8-14-7-3-2-4-12(14)16/h2-4,7,11,13,15H,5-6,8-10H2,1H3. The van der Waals surface area contributed by atoms with Crippen LogP contribution in [0.5, 0.6) is 0 Å². The fourth-order valence-electron chi connectivity index (χ4n) is 1.55. The van der Waals surface area contributed by atoms with Crippen LogP contribution in [0.15, 0.2) is 29.2 Å². The van der Waals surface area contributed by atoms with Crippen molar-refractivity contribution in [1.82, 2.24) is 9.88 Å². The van der Waals surface area contributed by atoms with Crippen molar-refractivity contribution in [3.05, 3.63) is 34.7 Å². The fraction of sp³-hybridized carbons (Fsp3) is 0.583. The maximum Gasteiger partial charge on any atom is 0.250 e. The normalized spacial score (nSPS) is 12.6. The van der Waals surface area contributed by atoms with Gasteiger partial charge in [0.1, 0.15) is 0 Å². The predicted molar refractivity (Wildman–Crippen MR) is 66.1 cm³/mol. The number of hydrogen-bond acceptors (Lipinski definition) is 4. The Balaban J connectivity index is 2.31. The molecular formula is C12H20N2O3. The minimum Gasteiger partial charge on any atom is -0.395 e. The maximum atomic E-state index is 11.4. The quantitative estimate of drug-likeness (QED) is 0.662. The lowest BCUT2D eigenvalue weighted by Gasteiger charge is -2.16. The highest BCUT2D eigenvalue weighted by atomic mass is 16.5. The zero-order valence-corrected chi connectivity index (χ0v) is 10.1. The van der Waals surface area contributed by atoms with Gasteiger partial charge in [0.15, 0.2) is 0 Å². The van der Waals surface area contributed by atoms with Gasteiger partial charge >= 0.3 is 0 Å². The molecule has 0 radical (unpaired) electrons. The van der Waals surface area contributed by atoms with Crippen molar-refractivity contribution >= 4 is 0 Å². The molecule has 5 nitrogen and oxygen atoms in total. The molecule has 0 saturated carbocycles. The Kier molecular flexibility index (Phi) is 6.54. The van der Waals surface area contributed by atoms with E-state index in [1.807, 2.05) is 6.07 Å². The highest BCUT2D eigenvalue weighted by Gasteiger charge is 2.05. The second kappa shape index (κ2) is 8.00. The van der Waals surface area contributed by atoms with Crippen molar-refractivity contribution in [1.29, 1.82) is 0 Å². The predicted octanol–water partition coefficient (Wildman–Crippen LogP) is -0.165. The molecule has 1 aromatic heterocycles. The molecule has 2 N–H and O–H groups in total. The van der Waals surface area contributed by atoms with Crippen molar-refractivity contribution in [2.45, 2.75) is 19.0 Å². The van der Waals surface area contributed by atoms with Gasteiger partial charge in [-0.15, -0.1) is 0 Å². The molecule has 1 atom stereocenters. The van der Waals surface area contributed by atoms with Gasteiger partial charge in [0.05, 0.1) is 6.61 Å². The minimum atomic E-state index is -0.00765. The van der Waals surface area contributed by atoms with Crippen LogP contribution in [-0.4, -0.2) is 42.6 Å². The summed E-state index contributed by atoms with van der Waals surface area (Å²) in [7, 11) is 1.64. The zero-order chi connectivity index (χ0) is 12.5. The summed E-state index contributed by atoms with van der Waals surface area (Å²) < 4.78 is 6.59. The summed E-state index contributed by atoms with van der Waals surface area (Å²) in [5.74, 6) is 0. The highest BCUT2D eigenvalue weighted by Crippen LogP contribution is 1.91. The third kappa shape index (κ3) is 5.12. The van der Waals surface area contributed by atoms with E-state index in [4.69, 9.17) is 9.84 Å². The van der Waals surface area contributed by atoms with Crippen LogP contribution >= 0.6 is 0 Å². The molecule has 0 aromatic carbocycles. The summed E-state index contributed by atoms with van der Waals surface area (Å²) >= 11 is 0. The van der Waals surface area contributed by atoms with Gasteiger partial charge in [-0.1, -0.05) is 6.07 Å². The highest BCUT2D eigenvalue weighted by molar-refractivity contribution is 4.93. The topological polar surface area (TPSA) is 63.5 Å². The SMILES string of the molecule is COCCC(CO)NCCn1ccccc1=O. The van der Waals surface area contributed by atoms with Gasteiger partial charge < -0.3 is 19.7 Å². The third-order valence-electron chi connectivity index (χ3n) is 2.58. The van der Waals surface area contributed by atoms with Crippen LogP contribution in [0.4, 0.5) is 0 Å². The molecule has 17 heavy (non-hydrogen) atoms. The van der Waals surface area contributed by atoms with E-state index >= 15 is 0 Å². The number of aliphatic hydroxyl groups is 1. The number of nitrogens with one attached hydrogen (secondary N) is 1. The summed E-state index contributed by atoms with van der Waals surface area (Å²) in [5.41, 5.74) is -0.00765. The van der Waals surface area contributed by atoms with Crippen LogP contribution < -0.4 is 10.9 Å². The van der Waals surface area contributed by atoms with Crippen LogP contribution in [0.1, 0.15) is 6.42 Å². The molecule has 0 fully saturated rings. The van der Waals surface area contributed by atoms with E-state index in [9.17, 15) is 4.79 Å². The molecule has 1 heterocycles. The maximum absolute atomic E-state index is 11.4. The van der Waals surface area contributed by atoms with E-state index < -0.39 is 0 Å². The Morgan fingerprint density at radius 1 is 1.53 bits per heavy atom. The molecule has 0 aliphatic rings. The number of aliphatic hydroxyl groups excluding tert-OH is 1. The number of rotatable bonds is 8. The van der Waals surface area contributed by atoms with Gasteiger partial charge in [-0.05, 0) is 12.5 Å². The molecule has 0 saturated heterocycles. The van der Waals surface area contributed by atoms with E-state index in [-0.39, 0.29) is 18.2 Å². The average molecular weight is 240 g/mol. The molecule has 96 valence electrons. The lowest BCUT2D eigenvalue weighted by Crippen LogP contribution is -2.36. The van der Waals surface area contributed by atoms with Crippen molar-refractivity contribution in [2.75, 3.05) is 26.9 Å². The molecule has 1 aromatic rings. The number of nitrogens with zero attached hydrogens (tertiary/aromatic N) is 1. The Morgan fingerprint density at radius 3 is 3.00 bits per heavy atom. The lowest BCUT2D eigenvalue weighted by molar-refractivity contribution is 0.159. The minimum absolute atomic E-state index is 0.00765. The number of pyridine rings is 1. The Bertz CT molecular complexity index is 365. The first kappa shape index (κ1) is 13.9. The monoisotopic (exact) mass is 240 g/mol. The van der Waals surface area contributed by atoms with Crippen LogP contribution in [0, 0.1) is 0 Å². The largest absolute Gasteiger partial charge is 0.395 e. The van der Waals surface area contributed by atoms with Crippen molar-refractivity contribution in [2.24, 2.45) is 0 Å². The summed E-state index contributed by atoms with van der Waals surface area (Å²) in [5, 5.41) is 12.3. The van der Waals surface area contributed by atoms with Gasteiger partial charge in [-0.3, -0.25) is 4.79 Å². The summed E-state index contributed by atoms with van der Waals surface area (Å²) in [6.45, 7) is 1.94. The van der Waals surface area contributed by atoms with E-state index in [1.54, 1.807) is 23.9 Å². The molecular weight excluding hydrogens is 220 g/mol. The molecule has 1 rings (SSSR count). The van der Waals surface area contributed by atoms with Crippen molar-refractivity contribution < 1.29 is 9.84 Å². The van der Waals surface area contributed by atoms with E-state index in [2.05, 4.69) is 5.32 Å². The van der Waals surface area contributed by atoms with Gasteiger partial charge in [0, 0.05) is 45.1 Å². The van der Waals surface area contributed by atoms with Crippen LogP contribution in [0.2, 0.25) is 0 Å². The average Bonchev–Trinajstić information content (AvgIpc) is 2.35. The first-order chi connectivity index (χ1) is 8.27. The number of hydrogen-bond donors (Lipinski definition) is 2. The second-order valence-electron chi connectivity index (χ2n) is 3.85. The van der Waals surface area contributed by atoms with E-state index in [0.29, 0.717) is 19.7 Å². The number of aromatic nitrogens is 1. The first-order valence-electron chi connectivity index (χ1n) is 5.76. The van der Waals surface area contributed by atoms with Gasteiger partial charge in [0.2, 0.25) is 0 Å². The van der Waals surface area contributed by atoms with Crippen molar-refractivity contribution in [3.63, 3.8) is 0 Å². The van der Waals surface area contributed by atoms with Crippen LogP contribution in [0.25, 0.3) is 0 Å². The molecule has 5 heteroatoms. The number of ether oxygens (including phenoxy) is 1. The van der Waals surface area contributed by atoms with Gasteiger partial charge in [0.25, 0.3) is 5.56 Å². The van der Waals surface area contributed by atoms with E-state index in [1.165, 1.54) is 6.07 Å². The summed E-state index contributed by atoms with van der Waals surface area (Å²) in [6.07, 6.45) is 2.52. The first-order valence-corrected chi connectivity index (χ1v) is 5.76. The fourth-order valence-corrected chi connectivity index (χ4v) is 1.55. The Labute approximate surface area is 101 Å². The third-order valence-corrected chi connectivity index (χ3v) is 2.58. The van der Waals surface area contributed by atoms with E-state index in [0.717, 1.165) is 6.42 Å². The Hall–Kier alpha value is -1.17. The zero-order valence-electron chi connectivity index (χ0n) is 10.1. The molecule has 0 aliphatic heterocycles. The molecule has 0 bridgehead atoms. The van der Waals surface area contributed by atoms with Crippen LogP contribution in [0.3, 0.4) is 0 Å². The van der Waals surface area contributed by atoms with Gasteiger partial charge in [-0.25, -0.2) is 0 Å². The van der Waals surface area contributed by atoms with Crippen LogP contribution in [-0.2, 0) is 11.3 Å². The summed E-state index contributed by atoms with van der Waals surface area (Å²) in [4.78, 5) is 11.4. The molecule has 0 amide bonds. The Morgan fingerprint density at radius 2 is 2.35 bits per heavy atom. The summed E-state index contributed by atoms with van der Waals surface area (Å²) in [6, 6.07) is 5.11. The smallest absolute Gasteiger partial charge is 0.250 e. The molecule has 1 unspecified atom stereocenters. The second-order valence-corrected chi connectivity index (χ2v) is 3.85. The molecule has 0 aliphatic carbocycles. The van der Waals surface area contributed by atoms with Gasteiger partial charge in [-0.2, -0.15) is 0 Å². The number of methoxy groups -OCH3 is 1. The molecule has 0 spiro atoms. The lowest BCUT2D eigenvalue weighted by atomic mass is 10.2. The van der Waals surface area contributed by atoms with Crippen molar-refractivity contribution in [3.8, 4) is 0 Å².